The Kier molecular flexibility index (Phi) is 6.49. The molecule has 0 aliphatic carbocycles. The van der Waals surface area contributed by atoms with Gasteiger partial charge >= 0.3 is 0 Å². The number of benzene rings is 1. The van der Waals surface area contributed by atoms with Crippen molar-refractivity contribution < 1.29 is 4.39 Å². The van der Waals surface area contributed by atoms with E-state index in [1.165, 1.54) is 6.07 Å². The normalized spacial score (nSPS) is 10.9. The molecular formula is C21H25FN6. The van der Waals surface area contributed by atoms with Crippen LogP contribution in [0, 0.1) is 12.7 Å². The van der Waals surface area contributed by atoms with Crippen molar-refractivity contribution in [2.45, 2.75) is 13.3 Å². The average molecular weight is 380 g/mol. The van der Waals surface area contributed by atoms with Gasteiger partial charge in [-0.1, -0.05) is 0 Å². The van der Waals surface area contributed by atoms with Gasteiger partial charge in [-0.2, -0.15) is 4.98 Å². The largest absolute Gasteiger partial charge is 0.354 e. The lowest BCUT2D eigenvalue weighted by Gasteiger charge is -2.13. The topological polar surface area (TPSA) is 66.0 Å². The summed E-state index contributed by atoms with van der Waals surface area (Å²) in [5, 5.41) is 6.54. The third-order valence-electron chi connectivity index (χ3n) is 4.20. The van der Waals surface area contributed by atoms with Crippen LogP contribution in [0.15, 0.2) is 48.8 Å². The van der Waals surface area contributed by atoms with Gasteiger partial charge in [0, 0.05) is 36.3 Å². The van der Waals surface area contributed by atoms with Crippen LogP contribution in [-0.4, -0.2) is 47.0 Å². The number of pyridine rings is 1. The maximum atomic E-state index is 13.5. The number of hydrogen-bond donors (Lipinski definition) is 2. The van der Waals surface area contributed by atoms with Crippen molar-refractivity contribution in [3.05, 3.63) is 60.2 Å². The van der Waals surface area contributed by atoms with Crippen molar-refractivity contribution in [1.29, 1.82) is 0 Å². The van der Waals surface area contributed by atoms with E-state index in [1.807, 2.05) is 32.3 Å². The summed E-state index contributed by atoms with van der Waals surface area (Å²) in [7, 11) is 4.10. The Labute approximate surface area is 164 Å². The summed E-state index contributed by atoms with van der Waals surface area (Å²) in [6, 6.07) is 10.6. The zero-order valence-electron chi connectivity index (χ0n) is 16.4. The smallest absolute Gasteiger partial charge is 0.225 e. The highest BCUT2D eigenvalue weighted by Crippen LogP contribution is 2.24. The van der Waals surface area contributed by atoms with Gasteiger partial charge < -0.3 is 15.5 Å². The molecule has 2 aromatic heterocycles. The standard InChI is InChI=1S/C21H25FN6/c1-15-13-17(5-6-18(15)22)25-20-14-19(16-7-10-23-11-8-16)26-21(27-20)24-9-4-12-28(2)3/h5-8,10-11,13-14H,4,9,12H2,1-3H3,(H2,24,25,26,27). The SMILES string of the molecule is Cc1cc(Nc2cc(-c3ccncc3)nc(NCCCN(C)C)n2)ccc1F. The zero-order chi connectivity index (χ0) is 19.9. The van der Waals surface area contributed by atoms with E-state index in [-0.39, 0.29) is 5.82 Å². The van der Waals surface area contributed by atoms with E-state index in [0.717, 1.165) is 36.5 Å². The third-order valence-corrected chi connectivity index (χ3v) is 4.20. The van der Waals surface area contributed by atoms with E-state index >= 15 is 0 Å². The minimum absolute atomic E-state index is 0.228. The summed E-state index contributed by atoms with van der Waals surface area (Å²) in [4.78, 5) is 15.4. The minimum Gasteiger partial charge on any atom is -0.354 e. The number of hydrogen-bond acceptors (Lipinski definition) is 6. The molecule has 0 amide bonds. The predicted molar refractivity (Wildman–Crippen MR) is 111 cm³/mol. The molecular weight excluding hydrogens is 355 g/mol. The van der Waals surface area contributed by atoms with Gasteiger partial charge in [-0.3, -0.25) is 4.98 Å². The van der Waals surface area contributed by atoms with E-state index in [9.17, 15) is 4.39 Å². The van der Waals surface area contributed by atoms with E-state index in [0.29, 0.717) is 17.3 Å². The summed E-state index contributed by atoms with van der Waals surface area (Å²) >= 11 is 0. The Morgan fingerprint density at radius 2 is 1.82 bits per heavy atom. The Morgan fingerprint density at radius 1 is 1.04 bits per heavy atom. The van der Waals surface area contributed by atoms with Crippen LogP contribution in [0.3, 0.4) is 0 Å². The minimum atomic E-state index is -0.228. The lowest BCUT2D eigenvalue weighted by molar-refractivity contribution is 0.405. The van der Waals surface area contributed by atoms with Gasteiger partial charge in [0.15, 0.2) is 0 Å². The fraction of sp³-hybridized carbons (Fsp3) is 0.286. The number of aromatic nitrogens is 3. The Hall–Kier alpha value is -3.06. The first-order chi connectivity index (χ1) is 13.5. The average Bonchev–Trinajstić information content (AvgIpc) is 2.68. The number of rotatable bonds is 8. The van der Waals surface area contributed by atoms with Crippen LogP contribution < -0.4 is 10.6 Å². The first-order valence-corrected chi connectivity index (χ1v) is 9.22. The van der Waals surface area contributed by atoms with Crippen molar-refractivity contribution in [1.82, 2.24) is 19.9 Å². The first-order valence-electron chi connectivity index (χ1n) is 9.22. The Morgan fingerprint density at radius 3 is 2.54 bits per heavy atom. The predicted octanol–water partition coefficient (Wildman–Crippen LogP) is 4.09. The highest BCUT2D eigenvalue weighted by atomic mass is 19.1. The summed E-state index contributed by atoms with van der Waals surface area (Å²) in [5.41, 5.74) is 3.09. The molecule has 7 heteroatoms. The quantitative estimate of drug-likeness (QED) is 0.574. The lowest BCUT2D eigenvalue weighted by atomic mass is 10.2. The Bertz CT molecular complexity index is 914. The highest BCUT2D eigenvalue weighted by molar-refractivity contribution is 5.67. The van der Waals surface area contributed by atoms with Gasteiger partial charge in [-0.15, -0.1) is 0 Å². The van der Waals surface area contributed by atoms with Gasteiger partial charge in [0.25, 0.3) is 0 Å². The fourth-order valence-corrected chi connectivity index (χ4v) is 2.73. The number of aryl methyl sites for hydroxylation is 1. The summed E-state index contributed by atoms with van der Waals surface area (Å²) < 4.78 is 13.5. The molecule has 28 heavy (non-hydrogen) atoms. The van der Waals surface area contributed by atoms with E-state index < -0.39 is 0 Å². The van der Waals surface area contributed by atoms with Crippen LogP contribution >= 0.6 is 0 Å². The van der Waals surface area contributed by atoms with Gasteiger partial charge in [-0.25, -0.2) is 9.37 Å². The number of anilines is 3. The number of halogens is 1. The fourth-order valence-electron chi connectivity index (χ4n) is 2.73. The molecule has 0 bridgehead atoms. The molecule has 0 saturated carbocycles. The molecule has 0 unspecified atom stereocenters. The van der Waals surface area contributed by atoms with Crippen LogP contribution in [0.4, 0.5) is 21.8 Å². The van der Waals surface area contributed by atoms with E-state index in [1.54, 1.807) is 31.5 Å². The van der Waals surface area contributed by atoms with Gasteiger partial charge in [0.2, 0.25) is 5.95 Å². The van der Waals surface area contributed by atoms with Gasteiger partial charge in [0.05, 0.1) is 5.69 Å². The molecule has 3 aromatic rings. The third kappa shape index (κ3) is 5.47. The first kappa shape index (κ1) is 19.7. The van der Waals surface area contributed by atoms with Crippen LogP contribution in [-0.2, 0) is 0 Å². The zero-order valence-corrected chi connectivity index (χ0v) is 16.4. The summed E-state index contributed by atoms with van der Waals surface area (Å²) in [5.74, 6) is 0.964. The van der Waals surface area contributed by atoms with Crippen molar-refractivity contribution in [2.24, 2.45) is 0 Å². The molecule has 0 atom stereocenters. The molecule has 3 rings (SSSR count). The highest BCUT2D eigenvalue weighted by Gasteiger charge is 2.08. The second-order valence-electron chi connectivity index (χ2n) is 6.87. The van der Waals surface area contributed by atoms with Gasteiger partial charge in [-0.05, 0) is 69.9 Å². The second-order valence-corrected chi connectivity index (χ2v) is 6.87. The van der Waals surface area contributed by atoms with Crippen LogP contribution in [0.1, 0.15) is 12.0 Å². The monoisotopic (exact) mass is 380 g/mol. The number of nitrogens with one attached hydrogen (secondary N) is 2. The maximum absolute atomic E-state index is 13.5. The van der Waals surface area contributed by atoms with Crippen LogP contribution in [0.25, 0.3) is 11.3 Å². The van der Waals surface area contributed by atoms with Crippen molar-refractivity contribution in [2.75, 3.05) is 37.8 Å². The maximum Gasteiger partial charge on any atom is 0.225 e. The van der Waals surface area contributed by atoms with Gasteiger partial charge in [0.1, 0.15) is 11.6 Å². The molecule has 0 radical (unpaired) electrons. The molecule has 0 aliphatic rings. The number of nitrogens with zero attached hydrogens (tertiary/aromatic N) is 4. The van der Waals surface area contributed by atoms with Crippen LogP contribution in [0.2, 0.25) is 0 Å². The second kappa shape index (κ2) is 9.23. The van der Waals surface area contributed by atoms with E-state index in [2.05, 4.69) is 30.5 Å². The van der Waals surface area contributed by atoms with E-state index in [4.69, 9.17) is 0 Å². The lowest BCUT2D eigenvalue weighted by Crippen LogP contribution is -2.17. The molecule has 6 nitrogen and oxygen atoms in total. The van der Waals surface area contributed by atoms with Crippen LogP contribution in [0.5, 0.6) is 0 Å². The summed E-state index contributed by atoms with van der Waals surface area (Å²) in [6.45, 7) is 3.49. The van der Waals surface area contributed by atoms with Crippen molar-refractivity contribution in [3.63, 3.8) is 0 Å². The van der Waals surface area contributed by atoms with Crippen molar-refractivity contribution >= 4 is 17.5 Å². The molecule has 1 aromatic carbocycles. The molecule has 0 fully saturated rings. The molecule has 146 valence electrons. The Balaban J connectivity index is 1.85. The molecule has 2 N–H and O–H groups in total. The molecule has 0 spiro atoms. The molecule has 0 saturated heterocycles. The molecule has 0 aliphatic heterocycles. The summed E-state index contributed by atoms with van der Waals surface area (Å²) in [6.07, 6.45) is 4.45. The molecule has 2 heterocycles. The van der Waals surface area contributed by atoms with Crippen molar-refractivity contribution in [3.8, 4) is 11.3 Å².